The van der Waals surface area contributed by atoms with Crippen LogP contribution in [0.15, 0.2) is 4.52 Å². The van der Waals surface area contributed by atoms with Crippen LogP contribution in [0.2, 0.25) is 0 Å². The van der Waals surface area contributed by atoms with Gasteiger partial charge in [-0.25, -0.2) is 4.79 Å². The van der Waals surface area contributed by atoms with E-state index in [0.717, 1.165) is 42.7 Å². The van der Waals surface area contributed by atoms with Crippen molar-refractivity contribution in [2.24, 2.45) is 5.41 Å². The molecule has 2 heterocycles. The maximum absolute atomic E-state index is 12.4. The molecule has 0 bridgehead atoms. The lowest BCUT2D eigenvalue weighted by molar-refractivity contribution is -0.175. The molecule has 1 aromatic rings. The molecule has 1 aromatic heterocycles. The molecule has 2 fully saturated rings. The molecule has 1 aliphatic heterocycles. The molecule has 6 nitrogen and oxygen atoms in total. The van der Waals surface area contributed by atoms with Crippen LogP contribution in [0.4, 0.5) is 0 Å². The molecule has 2 aliphatic rings. The number of hydrogen-bond acceptors (Lipinski definition) is 4. The van der Waals surface area contributed by atoms with E-state index in [9.17, 15) is 14.7 Å². The Morgan fingerprint density at radius 1 is 1.36 bits per heavy atom. The van der Waals surface area contributed by atoms with Crippen molar-refractivity contribution < 1.29 is 19.2 Å². The summed E-state index contributed by atoms with van der Waals surface area (Å²) in [5, 5.41) is 13.4. The lowest BCUT2D eigenvalue weighted by Gasteiger charge is -2.53. The Labute approximate surface area is 129 Å². The Hall–Kier alpha value is -1.85. The first kappa shape index (κ1) is 15.1. The number of carbonyl (C=O) groups excluding carboxylic acids is 1. The number of nitrogens with zero attached hydrogens (tertiary/aromatic N) is 2. The molecule has 1 saturated carbocycles. The van der Waals surface area contributed by atoms with Crippen LogP contribution in [-0.4, -0.2) is 39.6 Å². The van der Waals surface area contributed by atoms with Gasteiger partial charge in [-0.05, 0) is 33.1 Å². The summed E-state index contributed by atoms with van der Waals surface area (Å²) in [5.74, 6) is -0.209. The summed E-state index contributed by atoms with van der Waals surface area (Å²) in [4.78, 5) is 25.5. The molecule has 1 N–H and O–H groups in total. The average molecular weight is 306 g/mol. The van der Waals surface area contributed by atoms with Crippen molar-refractivity contribution in [3.05, 3.63) is 17.0 Å². The van der Waals surface area contributed by atoms with E-state index in [1.54, 1.807) is 4.90 Å². The number of amides is 1. The molecule has 1 amide bonds. The Morgan fingerprint density at radius 3 is 2.59 bits per heavy atom. The molecular weight excluding hydrogens is 284 g/mol. The van der Waals surface area contributed by atoms with Crippen LogP contribution in [0, 0.1) is 19.3 Å². The Bertz CT molecular complexity index is 582. The molecule has 1 atom stereocenters. The molecule has 1 aliphatic carbocycles. The van der Waals surface area contributed by atoms with Gasteiger partial charge in [0.05, 0.1) is 5.69 Å². The fourth-order valence-electron chi connectivity index (χ4n) is 4.11. The Balaban J connectivity index is 1.64. The van der Waals surface area contributed by atoms with E-state index in [4.69, 9.17) is 4.52 Å². The zero-order valence-electron chi connectivity index (χ0n) is 13.1. The van der Waals surface area contributed by atoms with Crippen LogP contribution < -0.4 is 0 Å². The first-order valence-corrected chi connectivity index (χ1v) is 7.89. The summed E-state index contributed by atoms with van der Waals surface area (Å²) >= 11 is 0. The van der Waals surface area contributed by atoms with Gasteiger partial charge >= 0.3 is 5.97 Å². The van der Waals surface area contributed by atoms with Gasteiger partial charge in [-0.2, -0.15) is 0 Å². The second-order valence-corrected chi connectivity index (χ2v) is 6.63. The second-order valence-electron chi connectivity index (χ2n) is 6.63. The van der Waals surface area contributed by atoms with Crippen LogP contribution in [0.5, 0.6) is 0 Å². The molecule has 6 heteroatoms. The van der Waals surface area contributed by atoms with Crippen molar-refractivity contribution in [2.45, 2.75) is 58.4 Å². The minimum absolute atomic E-state index is 0.0788. The standard InChI is InChI=1S/C16H22N2O4/c1-10-12(11(2)22-17-10)5-6-13(19)18-9-16(7-3-4-8-16)14(18)15(20)21/h14H,3-9H2,1-2H3,(H,20,21)/t14-/m0/s1. The number of aromatic nitrogens is 1. The van der Waals surface area contributed by atoms with E-state index < -0.39 is 12.0 Å². The molecule has 1 spiro atoms. The van der Waals surface area contributed by atoms with Gasteiger partial charge in [-0.1, -0.05) is 18.0 Å². The van der Waals surface area contributed by atoms with Gasteiger partial charge in [0.2, 0.25) is 5.91 Å². The average Bonchev–Trinajstić information content (AvgIpc) is 3.03. The number of carbonyl (C=O) groups is 2. The van der Waals surface area contributed by atoms with Gasteiger partial charge < -0.3 is 14.5 Å². The van der Waals surface area contributed by atoms with Gasteiger partial charge in [0.25, 0.3) is 0 Å². The molecule has 1 saturated heterocycles. The highest BCUT2D eigenvalue weighted by Gasteiger charge is 2.58. The van der Waals surface area contributed by atoms with Gasteiger partial charge in [0.1, 0.15) is 11.8 Å². The zero-order valence-corrected chi connectivity index (χ0v) is 13.1. The summed E-state index contributed by atoms with van der Waals surface area (Å²) in [7, 11) is 0. The third-order valence-corrected chi connectivity index (χ3v) is 5.30. The highest BCUT2D eigenvalue weighted by atomic mass is 16.5. The molecule has 0 unspecified atom stereocenters. The van der Waals surface area contributed by atoms with Crippen LogP contribution in [0.25, 0.3) is 0 Å². The van der Waals surface area contributed by atoms with Gasteiger partial charge in [0, 0.05) is 23.9 Å². The minimum Gasteiger partial charge on any atom is -0.480 e. The van der Waals surface area contributed by atoms with Crippen molar-refractivity contribution in [2.75, 3.05) is 6.54 Å². The van der Waals surface area contributed by atoms with E-state index in [1.165, 1.54) is 0 Å². The lowest BCUT2D eigenvalue weighted by Crippen LogP contribution is -2.68. The summed E-state index contributed by atoms with van der Waals surface area (Å²) < 4.78 is 5.09. The molecule has 3 rings (SSSR count). The largest absolute Gasteiger partial charge is 0.480 e. The topological polar surface area (TPSA) is 83.6 Å². The quantitative estimate of drug-likeness (QED) is 0.920. The van der Waals surface area contributed by atoms with Crippen molar-refractivity contribution >= 4 is 11.9 Å². The van der Waals surface area contributed by atoms with E-state index in [2.05, 4.69) is 5.16 Å². The van der Waals surface area contributed by atoms with Crippen molar-refractivity contribution in [1.82, 2.24) is 10.1 Å². The fourth-order valence-corrected chi connectivity index (χ4v) is 4.11. The molecule has 0 aromatic carbocycles. The van der Waals surface area contributed by atoms with E-state index in [0.29, 0.717) is 19.4 Å². The predicted molar refractivity (Wildman–Crippen MR) is 78.3 cm³/mol. The predicted octanol–water partition coefficient (Wildman–Crippen LogP) is 2.08. The number of rotatable bonds is 4. The number of hydrogen-bond donors (Lipinski definition) is 1. The first-order chi connectivity index (χ1) is 10.4. The highest BCUT2D eigenvalue weighted by Crippen LogP contribution is 2.50. The summed E-state index contributed by atoms with van der Waals surface area (Å²) in [6.07, 6.45) is 4.86. The van der Waals surface area contributed by atoms with Crippen LogP contribution in [0.1, 0.15) is 49.1 Å². The first-order valence-electron chi connectivity index (χ1n) is 7.89. The monoisotopic (exact) mass is 306 g/mol. The Morgan fingerprint density at radius 2 is 2.05 bits per heavy atom. The Kier molecular flexibility index (Phi) is 3.70. The van der Waals surface area contributed by atoms with E-state index in [1.807, 2.05) is 13.8 Å². The maximum Gasteiger partial charge on any atom is 0.327 e. The maximum atomic E-state index is 12.4. The van der Waals surface area contributed by atoms with Crippen molar-refractivity contribution in [3.8, 4) is 0 Å². The summed E-state index contributed by atoms with van der Waals surface area (Å²) in [6.45, 7) is 4.29. The third kappa shape index (κ3) is 2.30. The van der Waals surface area contributed by atoms with E-state index >= 15 is 0 Å². The van der Waals surface area contributed by atoms with Crippen molar-refractivity contribution in [1.29, 1.82) is 0 Å². The normalized spacial score (nSPS) is 22.8. The summed E-state index contributed by atoms with van der Waals surface area (Å²) in [5.41, 5.74) is 1.59. The van der Waals surface area contributed by atoms with Crippen LogP contribution in [-0.2, 0) is 16.0 Å². The second kappa shape index (κ2) is 5.41. The highest BCUT2D eigenvalue weighted by molar-refractivity contribution is 5.86. The smallest absolute Gasteiger partial charge is 0.327 e. The SMILES string of the molecule is Cc1noc(C)c1CCC(=O)N1CC2(CCCC2)[C@@H]1C(=O)O. The number of aryl methyl sites for hydroxylation is 2. The third-order valence-electron chi connectivity index (χ3n) is 5.30. The van der Waals surface area contributed by atoms with E-state index in [-0.39, 0.29) is 11.3 Å². The molecule has 22 heavy (non-hydrogen) atoms. The van der Waals surface area contributed by atoms with Crippen LogP contribution >= 0.6 is 0 Å². The van der Waals surface area contributed by atoms with Gasteiger partial charge in [-0.3, -0.25) is 4.79 Å². The molecule has 0 radical (unpaired) electrons. The lowest BCUT2D eigenvalue weighted by atomic mass is 9.70. The minimum atomic E-state index is -0.862. The fraction of sp³-hybridized carbons (Fsp3) is 0.688. The van der Waals surface area contributed by atoms with Crippen molar-refractivity contribution in [3.63, 3.8) is 0 Å². The molecular formula is C16H22N2O4. The van der Waals surface area contributed by atoms with Crippen LogP contribution in [0.3, 0.4) is 0 Å². The number of carboxylic acids is 1. The van der Waals surface area contributed by atoms with Gasteiger partial charge in [-0.15, -0.1) is 0 Å². The number of likely N-dealkylation sites (tertiary alicyclic amines) is 1. The summed E-state index contributed by atoms with van der Waals surface area (Å²) in [6, 6.07) is -0.632. The number of aliphatic carboxylic acids is 1. The zero-order chi connectivity index (χ0) is 15.9. The number of carboxylic acid groups (broad SMARTS) is 1. The van der Waals surface area contributed by atoms with Gasteiger partial charge in [0.15, 0.2) is 0 Å². The molecule has 120 valence electrons.